The van der Waals surface area contributed by atoms with Crippen molar-refractivity contribution >= 4 is 10.9 Å². The number of para-hydroxylation sites is 1. The number of aryl methyl sites for hydroxylation is 1. The summed E-state index contributed by atoms with van der Waals surface area (Å²) in [6.45, 7) is 3.35. The number of aromatic nitrogens is 2. The van der Waals surface area contributed by atoms with Gasteiger partial charge in [0.2, 0.25) is 0 Å². The molecule has 1 aromatic carbocycles. The highest BCUT2D eigenvalue weighted by molar-refractivity contribution is 5.81. The second kappa shape index (κ2) is 5.96. The third-order valence-electron chi connectivity index (χ3n) is 4.62. The summed E-state index contributed by atoms with van der Waals surface area (Å²) >= 11 is 0. The second-order valence-corrected chi connectivity index (χ2v) is 6.04. The number of nitrogens with one attached hydrogen (secondary N) is 1. The molecule has 2 aromatic rings. The minimum absolute atomic E-state index is 0.599. The molecule has 1 atom stereocenters. The van der Waals surface area contributed by atoms with Crippen LogP contribution in [0.25, 0.3) is 10.9 Å². The van der Waals surface area contributed by atoms with Gasteiger partial charge in [0.25, 0.3) is 0 Å². The lowest BCUT2D eigenvalue weighted by molar-refractivity contribution is 0.227. The topological polar surface area (TPSA) is 29.9 Å². The van der Waals surface area contributed by atoms with Crippen molar-refractivity contribution in [2.24, 2.45) is 13.0 Å². The first-order valence-corrected chi connectivity index (χ1v) is 7.93. The predicted molar refractivity (Wildman–Crippen MR) is 83.8 cm³/mol. The molecule has 0 radical (unpaired) electrons. The Hall–Kier alpha value is -1.35. The molecule has 3 heteroatoms. The summed E-state index contributed by atoms with van der Waals surface area (Å²) in [6, 6.07) is 9.17. The van der Waals surface area contributed by atoms with Crippen LogP contribution in [-0.4, -0.2) is 22.4 Å². The summed E-state index contributed by atoms with van der Waals surface area (Å²) < 4.78 is 2.02. The fraction of sp³-hybridized carbons (Fsp3) is 0.588. The van der Waals surface area contributed by atoms with Gasteiger partial charge in [-0.25, -0.2) is 0 Å². The highest BCUT2D eigenvalue weighted by Crippen LogP contribution is 2.32. The highest BCUT2D eigenvalue weighted by Gasteiger charge is 2.28. The first-order valence-electron chi connectivity index (χ1n) is 7.93. The molecule has 1 fully saturated rings. The largest absolute Gasteiger partial charge is 0.313 e. The summed E-state index contributed by atoms with van der Waals surface area (Å²) in [5.41, 5.74) is 2.49. The molecular formula is C17H25N3. The molecule has 1 saturated carbocycles. The molecule has 3 rings (SSSR count). The van der Waals surface area contributed by atoms with E-state index in [0.29, 0.717) is 6.04 Å². The van der Waals surface area contributed by atoms with Crippen molar-refractivity contribution in [3.8, 4) is 0 Å². The Morgan fingerprint density at radius 2 is 2.15 bits per heavy atom. The third-order valence-corrected chi connectivity index (χ3v) is 4.62. The van der Waals surface area contributed by atoms with Crippen molar-refractivity contribution in [3.63, 3.8) is 0 Å². The van der Waals surface area contributed by atoms with Crippen LogP contribution in [0.3, 0.4) is 0 Å². The molecule has 1 unspecified atom stereocenters. The van der Waals surface area contributed by atoms with E-state index in [1.165, 1.54) is 42.3 Å². The van der Waals surface area contributed by atoms with E-state index in [1.54, 1.807) is 0 Å². The number of fused-ring (bicyclic) bond motifs is 1. The number of nitrogens with zero attached hydrogens (tertiary/aromatic N) is 2. The molecule has 0 saturated heterocycles. The van der Waals surface area contributed by atoms with E-state index < -0.39 is 0 Å². The van der Waals surface area contributed by atoms with E-state index in [-0.39, 0.29) is 0 Å². The normalized spacial score (nSPS) is 17.3. The lowest BCUT2D eigenvalue weighted by Crippen LogP contribution is -2.41. The quantitative estimate of drug-likeness (QED) is 0.873. The summed E-state index contributed by atoms with van der Waals surface area (Å²) in [6.07, 6.45) is 6.43. The molecule has 0 spiro atoms. The lowest BCUT2D eigenvalue weighted by atomic mass is 9.78. The zero-order valence-electron chi connectivity index (χ0n) is 12.6. The fourth-order valence-electron chi connectivity index (χ4n) is 3.23. The van der Waals surface area contributed by atoms with E-state index in [2.05, 4.69) is 36.5 Å². The molecule has 3 nitrogen and oxygen atoms in total. The van der Waals surface area contributed by atoms with Crippen molar-refractivity contribution in [1.82, 2.24) is 15.1 Å². The van der Waals surface area contributed by atoms with Gasteiger partial charge in [0.1, 0.15) is 0 Å². The summed E-state index contributed by atoms with van der Waals surface area (Å²) in [4.78, 5) is 0. The zero-order chi connectivity index (χ0) is 13.9. The van der Waals surface area contributed by atoms with Gasteiger partial charge in [0, 0.05) is 24.9 Å². The van der Waals surface area contributed by atoms with Crippen molar-refractivity contribution in [2.75, 3.05) is 6.54 Å². The summed E-state index contributed by atoms with van der Waals surface area (Å²) in [5, 5.41) is 9.82. The van der Waals surface area contributed by atoms with E-state index in [4.69, 9.17) is 5.10 Å². The van der Waals surface area contributed by atoms with E-state index in [9.17, 15) is 0 Å². The maximum absolute atomic E-state index is 4.76. The number of benzene rings is 1. The van der Waals surface area contributed by atoms with Crippen molar-refractivity contribution in [1.29, 1.82) is 0 Å². The van der Waals surface area contributed by atoms with Crippen molar-refractivity contribution in [3.05, 3.63) is 30.0 Å². The standard InChI is InChI=1S/C17H25N3/c1-3-11-18-15(13-7-6-8-13)12-16-14-9-4-5-10-17(14)20(2)19-16/h4-5,9-10,13,15,18H,3,6-8,11-12H2,1-2H3. The number of rotatable bonds is 6. The molecule has 1 aliphatic rings. The van der Waals surface area contributed by atoms with Gasteiger partial charge in [-0.05, 0) is 37.8 Å². The van der Waals surface area contributed by atoms with Crippen LogP contribution in [-0.2, 0) is 13.5 Å². The molecule has 0 aliphatic heterocycles. The van der Waals surface area contributed by atoms with Gasteiger partial charge in [0.15, 0.2) is 0 Å². The minimum Gasteiger partial charge on any atom is -0.313 e. The van der Waals surface area contributed by atoms with Crippen LogP contribution >= 0.6 is 0 Å². The van der Waals surface area contributed by atoms with E-state index >= 15 is 0 Å². The third kappa shape index (κ3) is 2.59. The highest BCUT2D eigenvalue weighted by atomic mass is 15.3. The van der Waals surface area contributed by atoms with Gasteiger partial charge >= 0.3 is 0 Å². The van der Waals surface area contributed by atoms with Gasteiger partial charge in [-0.15, -0.1) is 0 Å². The van der Waals surface area contributed by atoms with Gasteiger partial charge < -0.3 is 5.32 Å². The Morgan fingerprint density at radius 1 is 1.35 bits per heavy atom. The average Bonchev–Trinajstić information content (AvgIpc) is 2.71. The maximum atomic E-state index is 4.76. The lowest BCUT2D eigenvalue weighted by Gasteiger charge is -2.34. The number of hydrogen-bond acceptors (Lipinski definition) is 2. The molecule has 108 valence electrons. The SMILES string of the molecule is CCCNC(Cc1nn(C)c2ccccc12)C1CCC1. The molecule has 0 amide bonds. The minimum atomic E-state index is 0.599. The monoisotopic (exact) mass is 271 g/mol. The second-order valence-electron chi connectivity index (χ2n) is 6.04. The molecular weight excluding hydrogens is 246 g/mol. The Balaban J connectivity index is 1.82. The molecule has 1 N–H and O–H groups in total. The summed E-state index contributed by atoms with van der Waals surface area (Å²) in [5.74, 6) is 0.849. The first-order chi connectivity index (χ1) is 9.79. The van der Waals surface area contributed by atoms with Gasteiger partial charge in [0.05, 0.1) is 11.2 Å². The van der Waals surface area contributed by atoms with Crippen LogP contribution in [0.5, 0.6) is 0 Å². The molecule has 20 heavy (non-hydrogen) atoms. The van der Waals surface area contributed by atoms with Crippen molar-refractivity contribution < 1.29 is 0 Å². The molecule has 1 heterocycles. The van der Waals surface area contributed by atoms with Crippen molar-refractivity contribution in [2.45, 2.75) is 45.1 Å². The first kappa shape index (κ1) is 13.6. The Bertz CT molecular complexity index is 569. The molecule has 1 aromatic heterocycles. The van der Waals surface area contributed by atoms with Crippen LogP contribution in [0.1, 0.15) is 38.3 Å². The van der Waals surface area contributed by atoms with Gasteiger partial charge in [-0.1, -0.05) is 31.5 Å². The van der Waals surface area contributed by atoms with Crippen LogP contribution in [0.4, 0.5) is 0 Å². The molecule has 0 bridgehead atoms. The van der Waals surface area contributed by atoms with Crippen LogP contribution in [0.2, 0.25) is 0 Å². The van der Waals surface area contributed by atoms with Gasteiger partial charge in [-0.3, -0.25) is 4.68 Å². The average molecular weight is 271 g/mol. The van der Waals surface area contributed by atoms with Gasteiger partial charge in [-0.2, -0.15) is 5.10 Å². The Kier molecular flexibility index (Phi) is 4.06. The Labute approximate surface area is 121 Å². The zero-order valence-corrected chi connectivity index (χ0v) is 12.6. The van der Waals surface area contributed by atoms with Crippen LogP contribution < -0.4 is 5.32 Å². The number of hydrogen-bond donors (Lipinski definition) is 1. The predicted octanol–water partition coefficient (Wildman–Crippen LogP) is 3.28. The Morgan fingerprint density at radius 3 is 2.85 bits per heavy atom. The smallest absolute Gasteiger partial charge is 0.0718 e. The summed E-state index contributed by atoms with van der Waals surface area (Å²) in [7, 11) is 2.05. The van der Waals surface area contributed by atoms with E-state index in [1.807, 2.05) is 11.7 Å². The fourth-order valence-corrected chi connectivity index (χ4v) is 3.23. The maximum Gasteiger partial charge on any atom is 0.0718 e. The van der Waals surface area contributed by atoms with Crippen LogP contribution in [0, 0.1) is 5.92 Å². The molecule has 1 aliphatic carbocycles. The van der Waals surface area contributed by atoms with E-state index in [0.717, 1.165) is 18.9 Å². The van der Waals surface area contributed by atoms with Crippen LogP contribution in [0.15, 0.2) is 24.3 Å².